The SMILES string of the molecule is COc1cc2c(cc1C)NC(=O)/C2=C\c1ccccn1. The molecule has 0 atom stereocenters. The van der Waals surface area contributed by atoms with Crippen molar-refractivity contribution in [1.82, 2.24) is 4.98 Å². The third-order valence-electron chi connectivity index (χ3n) is 3.30. The molecule has 1 N–H and O–H groups in total. The number of pyridine rings is 1. The number of hydrogen-bond donors (Lipinski definition) is 1. The Morgan fingerprint density at radius 1 is 1.30 bits per heavy atom. The molecule has 1 aromatic heterocycles. The largest absolute Gasteiger partial charge is 0.496 e. The monoisotopic (exact) mass is 266 g/mol. The summed E-state index contributed by atoms with van der Waals surface area (Å²) in [5.74, 6) is 0.658. The highest BCUT2D eigenvalue weighted by molar-refractivity contribution is 6.35. The van der Waals surface area contributed by atoms with Gasteiger partial charge in [-0.1, -0.05) is 6.07 Å². The zero-order valence-electron chi connectivity index (χ0n) is 11.3. The van der Waals surface area contributed by atoms with Crippen LogP contribution in [0.15, 0.2) is 36.5 Å². The molecular formula is C16H14N2O2. The van der Waals surface area contributed by atoms with Crippen molar-refractivity contribution in [3.8, 4) is 5.75 Å². The van der Waals surface area contributed by atoms with Crippen molar-refractivity contribution >= 4 is 23.2 Å². The van der Waals surface area contributed by atoms with E-state index in [-0.39, 0.29) is 5.91 Å². The highest BCUT2D eigenvalue weighted by atomic mass is 16.5. The Hall–Kier alpha value is -2.62. The zero-order chi connectivity index (χ0) is 14.1. The van der Waals surface area contributed by atoms with E-state index in [2.05, 4.69) is 10.3 Å². The first-order valence-corrected chi connectivity index (χ1v) is 6.32. The maximum atomic E-state index is 12.1. The van der Waals surface area contributed by atoms with Gasteiger partial charge in [0.25, 0.3) is 5.91 Å². The quantitative estimate of drug-likeness (QED) is 0.850. The Kier molecular flexibility index (Phi) is 2.99. The highest BCUT2D eigenvalue weighted by Gasteiger charge is 2.25. The number of rotatable bonds is 2. The summed E-state index contributed by atoms with van der Waals surface area (Å²) in [6.45, 7) is 1.95. The molecule has 0 aliphatic carbocycles. The number of nitrogens with one attached hydrogen (secondary N) is 1. The van der Waals surface area contributed by atoms with E-state index >= 15 is 0 Å². The van der Waals surface area contributed by atoms with Crippen molar-refractivity contribution in [1.29, 1.82) is 0 Å². The molecule has 20 heavy (non-hydrogen) atoms. The van der Waals surface area contributed by atoms with Crippen LogP contribution in [0.3, 0.4) is 0 Å². The van der Waals surface area contributed by atoms with E-state index in [4.69, 9.17) is 4.74 Å². The molecular weight excluding hydrogens is 252 g/mol. The predicted molar refractivity (Wildman–Crippen MR) is 78.5 cm³/mol. The summed E-state index contributed by atoms with van der Waals surface area (Å²) in [5.41, 5.74) is 4.02. The van der Waals surface area contributed by atoms with Crippen LogP contribution < -0.4 is 10.1 Å². The van der Waals surface area contributed by atoms with E-state index < -0.39 is 0 Å². The number of ether oxygens (including phenoxy) is 1. The van der Waals surface area contributed by atoms with E-state index in [0.29, 0.717) is 5.57 Å². The number of benzene rings is 1. The van der Waals surface area contributed by atoms with Gasteiger partial charge in [0, 0.05) is 17.4 Å². The molecule has 1 aliphatic heterocycles. The first-order valence-electron chi connectivity index (χ1n) is 6.32. The smallest absolute Gasteiger partial charge is 0.256 e. The first kappa shape index (κ1) is 12.4. The number of hydrogen-bond acceptors (Lipinski definition) is 3. The molecule has 0 spiro atoms. The van der Waals surface area contributed by atoms with Gasteiger partial charge in [-0.3, -0.25) is 9.78 Å². The minimum absolute atomic E-state index is 0.113. The van der Waals surface area contributed by atoms with Gasteiger partial charge >= 0.3 is 0 Å². The molecule has 0 saturated carbocycles. The molecule has 100 valence electrons. The molecule has 2 heterocycles. The molecule has 3 rings (SSSR count). The van der Waals surface area contributed by atoms with E-state index in [1.165, 1.54) is 0 Å². The molecule has 4 heteroatoms. The summed E-state index contributed by atoms with van der Waals surface area (Å²) < 4.78 is 5.32. The fourth-order valence-corrected chi connectivity index (χ4v) is 2.30. The number of fused-ring (bicyclic) bond motifs is 1. The molecule has 0 bridgehead atoms. The third kappa shape index (κ3) is 2.05. The maximum absolute atomic E-state index is 12.1. The number of carbonyl (C=O) groups is 1. The van der Waals surface area contributed by atoms with Gasteiger partial charge in [-0.25, -0.2) is 0 Å². The summed E-state index contributed by atoms with van der Waals surface area (Å²) in [5, 5.41) is 2.87. The topological polar surface area (TPSA) is 51.2 Å². The van der Waals surface area contributed by atoms with Crippen molar-refractivity contribution in [2.24, 2.45) is 0 Å². The van der Waals surface area contributed by atoms with Gasteiger partial charge in [0.2, 0.25) is 0 Å². The lowest BCUT2D eigenvalue weighted by Crippen LogP contribution is -2.03. The number of amides is 1. The van der Waals surface area contributed by atoms with Gasteiger partial charge in [0.15, 0.2) is 0 Å². The molecule has 2 aromatic rings. The Morgan fingerprint density at radius 2 is 2.15 bits per heavy atom. The summed E-state index contributed by atoms with van der Waals surface area (Å²) in [6, 6.07) is 9.41. The van der Waals surface area contributed by atoms with Crippen LogP contribution in [-0.2, 0) is 4.79 Å². The number of aryl methyl sites for hydroxylation is 1. The average molecular weight is 266 g/mol. The van der Waals surface area contributed by atoms with Crippen LogP contribution in [0.25, 0.3) is 11.6 Å². The van der Waals surface area contributed by atoms with Crippen LogP contribution in [-0.4, -0.2) is 18.0 Å². The second-order valence-corrected chi connectivity index (χ2v) is 4.63. The fourth-order valence-electron chi connectivity index (χ4n) is 2.30. The maximum Gasteiger partial charge on any atom is 0.256 e. The molecule has 0 unspecified atom stereocenters. The average Bonchev–Trinajstić information content (AvgIpc) is 2.74. The van der Waals surface area contributed by atoms with Crippen LogP contribution >= 0.6 is 0 Å². The molecule has 0 saturated heterocycles. The van der Waals surface area contributed by atoms with E-state index in [1.54, 1.807) is 19.4 Å². The van der Waals surface area contributed by atoms with Crippen LogP contribution in [0.1, 0.15) is 16.8 Å². The number of carbonyl (C=O) groups excluding carboxylic acids is 1. The Bertz CT molecular complexity index is 706. The summed E-state index contributed by atoms with van der Waals surface area (Å²) in [6.07, 6.45) is 3.49. The number of nitrogens with zero attached hydrogens (tertiary/aromatic N) is 1. The van der Waals surface area contributed by atoms with Gasteiger partial charge in [0.05, 0.1) is 18.4 Å². The highest BCUT2D eigenvalue weighted by Crippen LogP contribution is 2.37. The van der Waals surface area contributed by atoms with E-state index in [0.717, 1.165) is 28.3 Å². The predicted octanol–water partition coefficient (Wildman–Crippen LogP) is 2.89. The van der Waals surface area contributed by atoms with Crippen molar-refractivity contribution in [3.63, 3.8) is 0 Å². The number of methoxy groups -OCH3 is 1. The van der Waals surface area contributed by atoms with Crippen molar-refractivity contribution in [2.75, 3.05) is 12.4 Å². The lowest BCUT2D eigenvalue weighted by molar-refractivity contribution is -0.110. The van der Waals surface area contributed by atoms with Gasteiger partial charge in [-0.2, -0.15) is 0 Å². The fraction of sp³-hybridized carbons (Fsp3) is 0.125. The third-order valence-corrected chi connectivity index (χ3v) is 3.30. The second kappa shape index (κ2) is 4.81. The molecule has 0 fully saturated rings. The summed E-state index contributed by atoms with van der Waals surface area (Å²) >= 11 is 0. The Morgan fingerprint density at radius 3 is 2.85 bits per heavy atom. The van der Waals surface area contributed by atoms with Gasteiger partial charge in [0.1, 0.15) is 5.75 Å². The van der Waals surface area contributed by atoms with Crippen LogP contribution in [0.4, 0.5) is 5.69 Å². The van der Waals surface area contributed by atoms with Crippen molar-refractivity contribution in [2.45, 2.75) is 6.92 Å². The van der Waals surface area contributed by atoms with E-state index in [9.17, 15) is 4.79 Å². The van der Waals surface area contributed by atoms with Crippen LogP contribution in [0.2, 0.25) is 0 Å². The number of aromatic nitrogens is 1. The summed E-state index contributed by atoms with van der Waals surface area (Å²) in [7, 11) is 1.63. The number of anilines is 1. The minimum Gasteiger partial charge on any atom is -0.496 e. The molecule has 1 amide bonds. The normalized spacial score (nSPS) is 15.1. The van der Waals surface area contributed by atoms with Gasteiger partial charge in [-0.05, 0) is 42.8 Å². The van der Waals surface area contributed by atoms with Crippen LogP contribution in [0.5, 0.6) is 5.75 Å². The van der Waals surface area contributed by atoms with E-state index in [1.807, 2.05) is 37.3 Å². The second-order valence-electron chi connectivity index (χ2n) is 4.63. The lowest BCUT2D eigenvalue weighted by atomic mass is 10.0. The first-order chi connectivity index (χ1) is 9.69. The Balaban J connectivity index is 2.12. The minimum atomic E-state index is -0.113. The van der Waals surface area contributed by atoms with Crippen LogP contribution in [0, 0.1) is 6.92 Å². The molecule has 0 radical (unpaired) electrons. The molecule has 4 nitrogen and oxygen atoms in total. The molecule has 1 aromatic carbocycles. The van der Waals surface area contributed by atoms with Crippen molar-refractivity contribution < 1.29 is 9.53 Å². The Labute approximate surface area is 117 Å². The standard InChI is InChI=1S/C16H14N2O2/c1-10-7-14-12(9-15(10)20-2)13(16(19)18-14)8-11-5-3-4-6-17-11/h3-9H,1-2H3,(H,18,19)/b13-8-. The molecule has 1 aliphatic rings. The van der Waals surface area contributed by atoms with Crippen molar-refractivity contribution in [3.05, 3.63) is 53.3 Å². The zero-order valence-corrected chi connectivity index (χ0v) is 11.3. The lowest BCUT2D eigenvalue weighted by Gasteiger charge is -2.07. The van der Waals surface area contributed by atoms with Gasteiger partial charge in [-0.15, -0.1) is 0 Å². The summed E-state index contributed by atoms with van der Waals surface area (Å²) in [4.78, 5) is 16.3. The van der Waals surface area contributed by atoms with Gasteiger partial charge < -0.3 is 10.1 Å².